The molecule has 0 saturated heterocycles. The van der Waals surface area contributed by atoms with Gasteiger partial charge in [0, 0.05) is 4.88 Å². The molecular formula is C16H21FN2S. The summed E-state index contributed by atoms with van der Waals surface area (Å²) in [5, 5.41) is 4.57. The standard InChI is InChI=1S/C16H21FN2S/c1-5-8-18-15(16-19-11(3)12(4)20-16)13-6-7-14(17)10(2)9-13/h6-7,9,15,18H,5,8H2,1-4H3. The van der Waals surface area contributed by atoms with Gasteiger partial charge in [-0.25, -0.2) is 9.37 Å². The Morgan fingerprint density at radius 1 is 1.30 bits per heavy atom. The molecular weight excluding hydrogens is 271 g/mol. The fourth-order valence-electron chi connectivity index (χ4n) is 2.10. The van der Waals surface area contributed by atoms with E-state index in [4.69, 9.17) is 0 Å². The summed E-state index contributed by atoms with van der Waals surface area (Å²) in [5.41, 5.74) is 2.83. The molecule has 1 heterocycles. The quantitative estimate of drug-likeness (QED) is 0.889. The number of nitrogens with one attached hydrogen (secondary N) is 1. The van der Waals surface area contributed by atoms with E-state index in [9.17, 15) is 4.39 Å². The lowest BCUT2D eigenvalue weighted by atomic mass is 10.0. The van der Waals surface area contributed by atoms with E-state index in [2.05, 4.69) is 24.1 Å². The van der Waals surface area contributed by atoms with Gasteiger partial charge in [-0.15, -0.1) is 11.3 Å². The van der Waals surface area contributed by atoms with Crippen molar-refractivity contribution in [3.63, 3.8) is 0 Å². The summed E-state index contributed by atoms with van der Waals surface area (Å²) in [4.78, 5) is 5.89. The van der Waals surface area contributed by atoms with Gasteiger partial charge in [0.2, 0.25) is 0 Å². The van der Waals surface area contributed by atoms with E-state index in [1.54, 1.807) is 24.3 Å². The molecule has 2 aromatic rings. The second-order valence-electron chi connectivity index (χ2n) is 5.09. The SMILES string of the molecule is CCCNC(c1ccc(F)c(C)c1)c1nc(C)c(C)s1. The predicted octanol–water partition coefficient (Wildman–Crippen LogP) is 4.30. The molecule has 1 aromatic heterocycles. The second-order valence-corrected chi connectivity index (χ2v) is 6.32. The highest BCUT2D eigenvalue weighted by atomic mass is 32.1. The molecule has 2 rings (SSSR count). The van der Waals surface area contributed by atoms with Crippen LogP contribution < -0.4 is 5.32 Å². The first kappa shape index (κ1) is 15.1. The lowest BCUT2D eigenvalue weighted by Crippen LogP contribution is -2.23. The summed E-state index contributed by atoms with van der Waals surface area (Å²) >= 11 is 1.71. The van der Waals surface area contributed by atoms with Crippen LogP contribution in [-0.2, 0) is 0 Å². The van der Waals surface area contributed by atoms with Crippen molar-refractivity contribution in [3.8, 4) is 0 Å². The van der Waals surface area contributed by atoms with Gasteiger partial charge in [-0.2, -0.15) is 0 Å². The maximum Gasteiger partial charge on any atom is 0.126 e. The molecule has 0 radical (unpaired) electrons. The molecule has 1 aromatic carbocycles. The van der Waals surface area contributed by atoms with E-state index in [-0.39, 0.29) is 11.9 Å². The summed E-state index contributed by atoms with van der Waals surface area (Å²) in [6.07, 6.45) is 1.06. The maximum atomic E-state index is 13.5. The molecule has 0 bridgehead atoms. The molecule has 0 spiro atoms. The minimum absolute atomic E-state index is 0.0478. The molecule has 1 atom stereocenters. The van der Waals surface area contributed by atoms with Crippen LogP contribution in [0, 0.1) is 26.6 Å². The predicted molar refractivity (Wildman–Crippen MR) is 82.9 cm³/mol. The van der Waals surface area contributed by atoms with Crippen molar-refractivity contribution in [1.29, 1.82) is 0 Å². The third-order valence-electron chi connectivity index (χ3n) is 3.41. The van der Waals surface area contributed by atoms with Crippen LogP contribution >= 0.6 is 11.3 Å². The van der Waals surface area contributed by atoms with E-state index < -0.39 is 0 Å². The number of nitrogens with zero attached hydrogens (tertiary/aromatic N) is 1. The molecule has 1 N–H and O–H groups in total. The Bertz CT molecular complexity index is 573. The highest BCUT2D eigenvalue weighted by molar-refractivity contribution is 7.11. The van der Waals surface area contributed by atoms with Crippen molar-refractivity contribution >= 4 is 11.3 Å². The Morgan fingerprint density at radius 3 is 2.60 bits per heavy atom. The van der Waals surface area contributed by atoms with Gasteiger partial charge < -0.3 is 5.32 Å². The minimum Gasteiger partial charge on any atom is -0.304 e. The first-order chi connectivity index (χ1) is 9.52. The van der Waals surface area contributed by atoms with Gasteiger partial charge in [-0.3, -0.25) is 0 Å². The van der Waals surface area contributed by atoms with E-state index >= 15 is 0 Å². The van der Waals surface area contributed by atoms with Crippen LogP contribution in [0.2, 0.25) is 0 Å². The molecule has 4 heteroatoms. The maximum absolute atomic E-state index is 13.5. The lowest BCUT2D eigenvalue weighted by molar-refractivity contribution is 0.587. The summed E-state index contributed by atoms with van der Waals surface area (Å²) in [5.74, 6) is -0.158. The third-order valence-corrected chi connectivity index (χ3v) is 4.54. The van der Waals surface area contributed by atoms with Crippen molar-refractivity contribution in [2.24, 2.45) is 0 Å². The number of aryl methyl sites for hydroxylation is 3. The van der Waals surface area contributed by atoms with Crippen LogP contribution in [0.5, 0.6) is 0 Å². The van der Waals surface area contributed by atoms with Crippen molar-refractivity contribution in [2.75, 3.05) is 6.54 Å². The molecule has 0 amide bonds. The normalized spacial score (nSPS) is 12.7. The van der Waals surface area contributed by atoms with Crippen LogP contribution in [0.1, 0.15) is 46.1 Å². The van der Waals surface area contributed by atoms with Crippen molar-refractivity contribution in [3.05, 3.63) is 50.7 Å². The molecule has 2 nitrogen and oxygen atoms in total. The summed E-state index contributed by atoms with van der Waals surface area (Å²) < 4.78 is 13.5. The van der Waals surface area contributed by atoms with Crippen LogP contribution in [0.25, 0.3) is 0 Å². The van der Waals surface area contributed by atoms with Crippen LogP contribution in [0.4, 0.5) is 4.39 Å². The fraction of sp³-hybridized carbons (Fsp3) is 0.438. The smallest absolute Gasteiger partial charge is 0.126 e. The first-order valence-corrected chi connectivity index (χ1v) is 7.78. The molecule has 108 valence electrons. The number of aromatic nitrogens is 1. The second kappa shape index (κ2) is 6.46. The number of benzene rings is 1. The average molecular weight is 292 g/mol. The zero-order valence-electron chi connectivity index (χ0n) is 12.5. The average Bonchev–Trinajstić information content (AvgIpc) is 2.74. The number of halogens is 1. The number of hydrogen-bond donors (Lipinski definition) is 1. The third kappa shape index (κ3) is 3.25. The van der Waals surface area contributed by atoms with E-state index in [1.807, 2.05) is 19.1 Å². The topological polar surface area (TPSA) is 24.9 Å². The van der Waals surface area contributed by atoms with Gasteiger partial charge in [-0.1, -0.05) is 19.1 Å². The fourth-order valence-corrected chi connectivity index (χ4v) is 3.13. The van der Waals surface area contributed by atoms with Crippen LogP contribution in [0.3, 0.4) is 0 Å². The first-order valence-electron chi connectivity index (χ1n) is 6.96. The van der Waals surface area contributed by atoms with Gasteiger partial charge in [0.15, 0.2) is 0 Å². The highest BCUT2D eigenvalue weighted by Crippen LogP contribution is 2.28. The summed E-state index contributed by atoms with van der Waals surface area (Å²) in [7, 11) is 0. The Hall–Kier alpha value is -1.26. The molecule has 0 aliphatic carbocycles. The highest BCUT2D eigenvalue weighted by Gasteiger charge is 2.18. The van der Waals surface area contributed by atoms with E-state index in [0.29, 0.717) is 5.56 Å². The molecule has 0 fully saturated rings. The van der Waals surface area contributed by atoms with E-state index in [1.165, 1.54) is 4.88 Å². The van der Waals surface area contributed by atoms with Crippen molar-refractivity contribution in [2.45, 2.75) is 40.2 Å². The summed E-state index contributed by atoms with van der Waals surface area (Å²) in [6.45, 7) is 8.97. The Labute approximate surface area is 124 Å². The van der Waals surface area contributed by atoms with E-state index in [0.717, 1.165) is 29.2 Å². The number of hydrogen-bond acceptors (Lipinski definition) is 3. The monoisotopic (exact) mass is 292 g/mol. The molecule has 1 unspecified atom stereocenters. The van der Waals surface area contributed by atoms with Crippen LogP contribution in [0.15, 0.2) is 18.2 Å². The van der Waals surface area contributed by atoms with Crippen molar-refractivity contribution in [1.82, 2.24) is 10.3 Å². The van der Waals surface area contributed by atoms with Gasteiger partial charge in [0.1, 0.15) is 10.8 Å². The van der Waals surface area contributed by atoms with Crippen molar-refractivity contribution < 1.29 is 4.39 Å². The van der Waals surface area contributed by atoms with Gasteiger partial charge >= 0.3 is 0 Å². The number of rotatable bonds is 5. The summed E-state index contributed by atoms with van der Waals surface area (Å²) in [6, 6.07) is 5.35. The zero-order chi connectivity index (χ0) is 14.7. The number of thiazole rings is 1. The molecule has 0 saturated carbocycles. The Kier molecular flexibility index (Phi) is 4.89. The van der Waals surface area contributed by atoms with Gasteiger partial charge in [0.05, 0.1) is 11.7 Å². The Balaban J connectivity index is 2.38. The minimum atomic E-state index is -0.158. The largest absolute Gasteiger partial charge is 0.304 e. The molecule has 0 aliphatic rings. The van der Waals surface area contributed by atoms with Gasteiger partial charge in [0.25, 0.3) is 0 Å². The van der Waals surface area contributed by atoms with Gasteiger partial charge in [-0.05, 0) is 50.9 Å². The molecule has 0 aliphatic heterocycles. The van der Waals surface area contributed by atoms with Crippen LogP contribution in [-0.4, -0.2) is 11.5 Å². The zero-order valence-corrected chi connectivity index (χ0v) is 13.3. The molecule has 20 heavy (non-hydrogen) atoms. The Morgan fingerprint density at radius 2 is 2.05 bits per heavy atom. The lowest BCUT2D eigenvalue weighted by Gasteiger charge is -2.17.